The summed E-state index contributed by atoms with van der Waals surface area (Å²) in [6.07, 6.45) is 7.52. The van der Waals surface area contributed by atoms with Gasteiger partial charge in [0.05, 0.1) is 0 Å². The van der Waals surface area contributed by atoms with Gasteiger partial charge < -0.3 is 14.8 Å². The number of hydrogen-bond donors (Lipinski definition) is 1. The molecule has 9 heteroatoms. The molecule has 1 atom stereocenters. The zero-order valence-corrected chi connectivity index (χ0v) is 13.7. The summed E-state index contributed by atoms with van der Waals surface area (Å²) in [6, 6.07) is 3.18. The van der Waals surface area contributed by atoms with Crippen LogP contribution in [0.4, 0.5) is 5.82 Å². The number of carbonyl (C=O) groups is 1. The molecule has 1 amide bonds. The van der Waals surface area contributed by atoms with Crippen molar-refractivity contribution in [2.75, 3.05) is 18.0 Å². The van der Waals surface area contributed by atoms with Gasteiger partial charge in [0.15, 0.2) is 5.82 Å². The highest BCUT2D eigenvalue weighted by atomic mass is 16.2. The maximum absolute atomic E-state index is 12.4. The van der Waals surface area contributed by atoms with Crippen molar-refractivity contribution in [3.63, 3.8) is 0 Å². The number of fused-ring (bicyclic) bond motifs is 1. The fraction of sp³-hybridized carbons (Fsp3) is 0.312. The Labute approximate surface area is 142 Å². The Morgan fingerprint density at radius 2 is 2.24 bits per heavy atom. The number of pyridine rings is 1. The second-order valence-corrected chi connectivity index (χ2v) is 6.06. The number of carbonyl (C=O) groups excluding carboxylic acids is 1. The monoisotopic (exact) mass is 339 g/mol. The molecule has 1 saturated heterocycles. The van der Waals surface area contributed by atoms with Gasteiger partial charge in [-0.25, -0.2) is 4.98 Å². The standard InChI is InChI=1S/C16H17N7O2/c1-21-6-2-3-12(16(21)25)15(24)19-11-4-7-22(9-11)13-14-20-18-10-23(14)8-5-17-13/h2-3,5-6,8,10-11H,4,7,9H2,1H3,(H,19,24)/t11-/m1/s1. The van der Waals surface area contributed by atoms with Crippen molar-refractivity contribution in [3.05, 3.63) is 53.0 Å². The Kier molecular flexibility index (Phi) is 3.68. The van der Waals surface area contributed by atoms with E-state index in [-0.39, 0.29) is 23.1 Å². The molecule has 0 saturated carbocycles. The maximum Gasteiger partial charge on any atom is 0.263 e. The number of aryl methyl sites for hydroxylation is 1. The van der Waals surface area contributed by atoms with Crippen molar-refractivity contribution in [1.82, 2.24) is 29.5 Å². The van der Waals surface area contributed by atoms with Crippen LogP contribution in [-0.2, 0) is 7.05 Å². The lowest BCUT2D eigenvalue weighted by Gasteiger charge is -2.18. The minimum atomic E-state index is -0.346. The van der Waals surface area contributed by atoms with Gasteiger partial charge in [-0.3, -0.25) is 14.0 Å². The topological polar surface area (TPSA) is 97.4 Å². The molecule has 4 heterocycles. The molecule has 128 valence electrons. The molecular weight excluding hydrogens is 322 g/mol. The Balaban J connectivity index is 1.49. The fourth-order valence-corrected chi connectivity index (χ4v) is 3.07. The SMILES string of the molecule is Cn1cccc(C(=O)N[C@@H]2CCN(c3nccn4cnnc34)C2)c1=O. The van der Waals surface area contributed by atoms with E-state index < -0.39 is 0 Å². The molecule has 0 aromatic carbocycles. The van der Waals surface area contributed by atoms with Crippen LogP contribution in [0.2, 0.25) is 0 Å². The molecule has 4 rings (SSSR count). The van der Waals surface area contributed by atoms with Crippen LogP contribution in [0.25, 0.3) is 5.65 Å². The summed E-state index contributed by atoms with van der Waals surface area (Å²) < 4.78 is 3.20. The summed E-state index contributed by atoms with van der Waals surface area (Å²) in [5.74, 6) is 0.397. The summed E-state index contributed by atoms with van der Waals surface area (Å²) in [7, 11) is 1.63. The summed E-state index contributed by atoms with van der Waals surface area (Å²) in [5.41, 5.74) is 0.539. The molecule has 9 nitrogen and oxygen atoms in total. The van der Waals surface area contributed by atoms with Crippen molar-refractivity contribution < 1.29 is 4.79 Å². The van der Waals surface area contributed by atoms with Crippen LogP contribution in [0, 0.1) is 0 Å². The molecule has 0 aliphatic carbocycles. The third-order valence-corrected chi connectivity index (χ3v) is 4.39. The molecule has 0 unspecified atom stereocenters. The molecule has 1 aliphatic heterocycles. The largest absolute Gasteiger partial charge is 0.351 e. The second-order valence-electron chi connectivity index (χ2n) is 6.06. The number of anilines is 1. The van der Waals surface area contributed by atoms with Gasteiger partial charge in [0.2, 0.25) is 5.65 Å². The predicted molar refractivity (Wildman–Crippen MR) is 90.5 cm³/mol. The number of amides is 1. The minimum Gasteiger partial charge on any atom is -0.351 e. The molecule has 3 aromatic heterocycles. The number of hydrogen-bond acceptors (Lipinski definition) is 6. The normalized spacial score (nSPS) is 17.2. The van der Waals surface area contributed by atoms with E-state index in [4.69, 9.17) is 0 Å². The lowest BCUT2D eigenvalue weighted by atomic mass is 10.2. The van der Waals surface area contributed by atoms with Gasteiger partial charge in [-0.05, 0) is 18.6 Å². The lowest BCUT2D eigenvalue weighted by molar-refractivity contribution is 0.0938. The number of nitrogens with one attached hydrogen (secondary N) is 1. The minimum absolute atomic E-state index is 0.0533. The van der Waals surface area contributed by atoms with Gasteiger partial charge in [0.1, 0.15) is 11.9 Å². The van der Waals surface area contributed by atoms with Crippen LogP contribution < -0.4 is 15.8 Å². The van der Waals surface area contributed by atoms with Crippen molar-refractivity contribution >= 4 is 17.4 Å². The molecular formula is C16H17N7O2. The average Bonchev–Trinajstić information content (AvgIpc) is 3.26. The zero-order valence-electron chi connectivity index (χ0n) is 13.7. The quantitative estimate of drug-likeness (QED) is 0.712. The van der Waals surface area contributed by atoms with Crippen LogP contribution >= 0.6 is 0 Å². The first kappa shape index (κ1) is 15.3. The van der Waals surface area contributed by atoms with Crippen LogP contribution in [-0.4, -0.2) is 49.2 Å². The second kappa shape index (κ2) is 6.00. The van der Waals surface area contributed by atoms with Gasteiger partial charge in [0, 0.05) is 44.8 Å². The molecule has 3 aromatic rings. The first-order valence-corrected chi connectivity index (χ1v) is 7.99. The van der Waals surface area contributed by atoms with Crippen LogP contribution in [0.3, 0.4) is 0 Å². The highest BCUT2D eigenvalue weighted by Gasteiger charge is 2.27. The van der Waals surface area contributed by atoms with Crippen molar-refractivity contribution in [3.8, 4) is 0 Å². The summed E-state index contributed by atoms with van der Waals surface area (Å²) >= 11 is 0. The Morgan fingerprint density at radius 1 is 1.36 bits per heavy atom. The van der Waals surface area contributed by atoms with Gasteiger partial charge in [0.25, 0.3) is 11.5 Å². The van der Waals surface area contributed by atoms with Crippen molar-refractivity contribution in [2.45, 2.75) is 12.5 Å². The van der Waals surface area contributed by atoms with Gasteiger partial charge in [-0.1, -0.05) is 0 Å². The third kappa shape index (κ3) is 2.73. The Hall–Kier alpha value is -3.23. The van der Waals surface area contributed by atoms with Gasteiger partial charge in [-0.2, -0.15) is 0 Å². The van der Waals surface area contributed by atoms with E-state index in [2.05, 4.69) is 25.4 Å². The highest BCUT2D eigenvalue weighted by molar-refractivity contribution is 5.94. The molecule has 25 heavy (non-hydrogen) atoms. The van der Waals surface area contributed by atoms with Gasteiger partial charge >= 0.3 is 0 Å². The van der Waals surface area contributed by atoms with E-state index in [9.17, 15) is 9.59 Å². The van der Waals surface area contributed by atoms with E-state index in [1.54, 1.807) is 44.1 Å². The first-order valence-electron chi connectivity index (χ1n) is 7.99. The zero-order chi connectivity index (χ0) is 17.4. The summed E-state index contributed by atoms with van der Waals surface area (Å²) in [4.78, 5) is 30.9. The van der Waals surface area contributed by atoms with Crippen molar-refractivity contribution in [2.24, 2.45) is 7.05 Å². The summed E-state index contributed by atoms with van der Waals surface area (Å²) in [6.45, 7) is 1.36. The van der Waals surface area contributed by atoms with E-state index in [1.165, 1.54) is 4.57 Å². The number of rotatable bonds is 3. The Morgan fingerprint density at radius 3 is 3.12 bits per heavy atom. The molecule has 1 fully saturated rings. The van der Waals surface area contributed by atoms with E-state index >= 15 is 0 Å². The molecule has 0 spiro atoms. The first-order chi connectivity index (χ1) is 12.1. The lowest BCUT2D eigenvalue weighted by Crippen LogP contribution is -2.40. The third-order valence-electron chi connectivity index (χ3n) is 4.39. The molecule has 0 bridgehead atoms. The highest BCUT2D eigenvalue weighted by Crippen LogP contribution is 2.21. The smallest absolute Gasteiger partial charge is 0.263 e. The molecule has 1 N–H and O–H groups in total. The van der Waals surface area contributed by atoms with E-state index in [0.717, 1.165) is 18.8 Å². The average molecular weight is 339 g/mol. The fourth-order valence-electron chi connectivity index (χ4n) is 3.07. The van der Waals surface area contributed by atoms with Crippen molar-refractivity contribution in [1.29, 1.82) is 0 Å². The van der Waals surface area contributed by atoms with Crippen LogP contribution in [0.15, 0.2) is 41.8 Å². The summed E-state index contributed by atoms with van der Waals surface area (Å²) in [5, 5.41) is 10.9. The van der Waals surface area contributed by atoms with Gasteiger partial charge in [-0.15, -0.1) is 10.2 Å². The molecule has 0 radical (unpaired) electrons. The van der Waals surface area contributed by atoms with Crippen LogP contribution in [0.5, 0.6) is 0 Å². The number of nitrogens with zero attached hydrogens (tertiary/aromatic N) is 6. The molecule has 1 aliphatic rings. The van der Waals surface area contributed by atoms with E-state index in [1.807, 2.05) is 4.40 Å². The van der Waals surface area contributed by atoms with E-state index in [0.29, 0.717) is 12.2 Å². The predicted octanol–water partition coefficient (Wildman–Crippen LogP) is -0.168. The maximum atomic E-state index is 12.4. The number of aromatic nitrogens is 5. The Bertz CT molecular complexity index is 993. The van der Waals surface area contributed by atoms with Crippen LogP contribution in [0.1, 0.15) is 16.8 Å².